The Morgan fingerprint density at radius 1 is 1.09 bits per heavy atom. The molecule has 2 amide bonds. The molecular weight excluding hydrogens is 457 g/mol. The fourth-order valence-electron chi connectivity index (χ4n) is 3.29. The van der Waals surface area contributed by atoms with Crippen LogP contribution in [-0.2, 0) is 19.6 Å². The molecule has 0 unspecified atom stereocenters. The first-order valence-electron chi connectivity index (χ1n) is 10.5. The van der Waals surface area contributed by atoms with E-state index in [2.05, 4.69) is 10.5 Å². The molecule has 0 saturated heterocycles. The number of nitrogens with zero attached hydrogens (tertiary/aromatic N) is 2. The molecule has 9 heteroatoms. The van der Waals surface area contributed by atoms with E-state index in [-0.39, 0.29) is 30.5 Å². The van der Waals surface area contributed by atoms with Gasteiger partial charge in [-0.25, -0.2) is 4.39 Å². The number of nitrogens with one attached hydrogen (secondary N) is 1. The Kier molecular flexibility index (Phi) is 7.34. The van der Waals surface area contributed by atoms with Crippen LogP contribution in [-0.4, -0.2) is 29.0 Å². The van der Waals surface area contributed by atoms with Crippen molar-refractivity contribution in [1.82, 2.24) is 15.4 Å². The van der Waals surface area contributed by atoms with Crippen LogP contribution in [0.15, 0.2) is 76.6 Å². The highest BCUT2D eigenvalue weighted by Crippen LogP contribution is 2.20. The minimum Gasteiger partial charge on any atom is -0.497 e. The van der Waals surface area contributed by atoms with Gasteiger partial charge in [0.2, 0.25) is 0 Å². The smallest absolute Gasteiger partial charge is 0.273 e. The van der Waals surface area contributed by atoms with Crippen molar-refractivity contribution in [3.63, 3.8) is 0 Å². The number of halogens is 1. The SMILES string of the molecule is COc1cccc(C(=O)N(Cc2cc(C(=O)NCc3ccc(F)cc3)no2)Cc2cccs2)c1. The van der Waals surface area contributed by atoms with Gasteiger partial charge in [-0.05, 0) is 47.3 Å². The summed E-state index contributed by atoms with van der Waals surface area (Å²) in [7, 11) is 1.55. The first-order chi connectivity index (χ1) is 16.5. The maximum atomic E-state index is 13.3. The van der Waals surface area contributed by atoms with Crippen LogP contribution in [0.2, 0.25) is 0 Å². The van der Waals surface area contributed by atoms with Crippen molar-refractivity contribution in [3.8, 4) is 5.75 Å². The van der Waals surface area contributed by atoms with Crippen LogP contribution in [0.4, 0.5) is 4.39 Å². The molecule has 34 heavy (non-hydrogen) atoms. The van der Waals surface area contributed by atoms with E-state index >= 15 is 0 Å². The second-order valence-corrected chi connectivity index (χ2v) is 8.49. The van der Waals surface area contributed by atoms with E-state index in [4.69, 9.17) is 9.26 Å². The number of aromatic nitrogens is 1. The predicted molar refractivity (Wildman–Crippen MR) is 125 cm³/mol. The topological polar surface area (TPSA) is 84.7 Å². The van der Waals surface area contributed by atoms with Crippen LogP contribution in [0.1, 0.15) is 37.0 Å². The summed E-state index contributed by atoms with van der Waals surface area (Å²) in [5.74, 6) is -0.0116. The molecular formula is C25H22FN3O4S. The zero-order chi connectivity index (χ0) is 23.9. The molecule has 0 aliphatic heterocycles. The molecule has 0 radical (unpaired) electrons. The summed E-state index contributed by atoms with van der Waals surface area (Å²) in [4.78, 5) is 28.4. The van der Waals surface area contributed by atoms with Crippen molar-refractivity contribution in [1.29, 1.82) is 0 Å². The molecule has 0 fully saturated rings. The number of ether oxygens (including phenoxy) is 1. The summed E-state index contributed by atoms with van der Waals surface area (Å²) >= 11 is 1.55. The van der Waals surface area contributed by atoms with E-state index < -0.39 is 5.91 Å². The molecule has 0 atom stereocenters. The van der Waals surface area contributed by atoms with Gasteiger partial charge >= 0.3 is 0 Å². The highest BCUT2D eigenvalue weighted by Gasteiger charge is 2.21. The van der Waals surface area contributed by atoms with Crippen molar-refractivity contribution >= 4 is 23.2 Å². The Balaban J connectivity index is 1.46. The molecule has 4 aromatic rings. The van der Waals surface area contributed by atoms with Gasteiger partial charge in [-0.2, -0.15) is 0 Å². The molecule has 174 valence electrons. The molecule has 0 spiro atoms. The Morgan fingerprint density at radius 2 is 1.91 bits per heavy atom. The number of thiophene rings is 1. The van der Waals surface area contributed by atoms with Gasteiger partial charge in [0, 0.05) is 23.1 Å². The number of carbonyl (C=O) groups excluding carboxylic acids is 2. The van der Waals surface area contributed by atoms with E-state index in [1.165, 1.54) is 18.2 Å². The lowest BCUT2D eigenvalue weighted by molar-refractivity contribution is 0.0714. The standard InChI is InChI=1S/C25H22FN3O4S/c1-32-20-5-2-4-18(12-20)25(31)29(16-22-6-3-11-34-22)15-21-13-23(28-33-21)24(30)27-14-17-7-9-19(26)10-8-17/h2-13H,14-16H2,1H3,(H,27,30). The van der Waals surface area contributed by atoms with Gasteiger partial charge in [-0.3, -0.25) is 9.59 Å². The summed E-state index contributed by atoms with van der Waals surface area (Å²) in [5, 5.41) is 8.52. The molecule has 2 aromatic carbocycles. The van der Waals surface area contributed by atoms with Crippen molar-refractivity contribution in [2.75, 3.05) is 7.11 Å². The van der Waals surface area contributed by atoms with E-state index in [0.717, 1.165) is 10.4 Å². The third kappa shape index (κ3) is 5.87. The van der Waals surface area contributed by atoms with Crippen LogP contribution in [0.25, 0.3) is 0 Å². The van der Waals surface area contributed by atoms with E-state index in [9.17, 15) is 14.0 Å². The van der Waals surface area contributed by atoms with Gasteiger partial charge in [-0.15, -0.1) is 11.3 Å². The third-order valence-electron chi connectivity index (χ3n) is 5.04. The number of rotatable bonds is 9. The highest BCUT2D eigenvalue weighted by atomic mass is 32.1. The van der Waals surface area contributed by atoms with Crippen LogP contribution >= 0.6 is 11.3 Å². The normalized spacial score (nSPS) is 10.6. The van der Waals surface area contributed by atoms with Gasteiger partial charge in [0.15, 0.2) is 11.5 Å². The number of hydrogen-bond acceptors (Lipinski definition) is 6. The fourth-order valence-corrected chi connectivity index (χ4v) is 4.01. The van der Waals surface area contributed by atoms with Crippen molar-refractivity contribution in [2.24, 2.45) is 0 Å². The number of methoxy groups -OCH3 is 1. The summed E-state index contributed by atoms with van der Waals surface area (Å²) < 4.78 is 23.6. The van der Waals surface area contributed by atoms with Gasteiger partial charge in [-0.1, -0.05) is 29.4 Å². The quantitative estimate of drug-likeness (QED) is 0.378. The number of amides is 2. The lowest BCUT2D eigenvalue weighted by Crippen LogP contribution is -2.29. The fraction of sp³-hybridized carbons (Fsp3) is 0.160. The molecule has 2 aromatic heterocycles. The van der Waals surface area contributed by atoms with Crippen LogP contribution in [0.5, 0.6) is 5.75 Å². The molecule has 2 heterocycles. The average molecular weight is 480 g/mol. The number of hydrogen-bond donors (Lipinski definition) is 1. The highest BCUT2D eigenvalue weighted by molar-refractivity contribution is 7.09. The molecule has 7 nitrogen and oxygen atoms in total. The maximum absolute atomic E-state index is 13.3. The van der Waals surface area contributed by atoms with Gasteiger partial charge in [0.05, 0.1) is 20.2 Å². The maximum Gasteiger partial charge on any atom is 0.273 e. The average Bonchev–Trinajstić information content (AvgIpc) is 3.55. The Hall–Kier alpha value is -3.98. The summed E-state index contributed by atoms with van der Waals surface area (Å²) in [6, 6.07) is 18.2. The molecule has 0 aliphatic carbocycles. The zero-order valence-electron chi connectivity index (χ0n) is 18.4. The van der Waals surface area contributed by atoms with Crippen LogP contribution < -0.4 is 10.1 Å². The van der Waals surface area contributed by atoms with Gasteiger partial charge in [0.25, 0.3) is 11.8 Å². The Bertz CT molecular complexity index is 1260. The molecule has 0 bridgehead atoms. The van der Waals surface area contributed by atoms with Gasteiger partial charge in [0.1, 0.15) is 11.6 Å². The number of carbonyl (C=O) groups is 2. The Labute approximate surface area is 199 Å². The van der Waals surface area contributed by atoms with Crippen molar-refractivity contribution in [3.05, 3.63) is 105 Å². The Morgan fingerprint density at radius 3 is 2.65 bits per heavy atom. The first-order valence-corrected chi connectivity index (χ1v) is 11.3. The largest absolute Gasteiger partial charge is 0.497 e. The molecule has 1 N–H and O–H groups in total. The van der Waals surface area contributed by atoms with E-state index in [0.29, 0.717) is 23.6 Å². The van der Waals surface area contributed by atoms with Crippen LogP contribution in [0, 0.1) is 5.82 Å². The van der Waals surface area contributed by atoms with Crippen molar-refractivity contribution < 1.29 is 23.2 Å². The lowest BCUT2D eigenvalue weighted by Gasteiger charge is -2.21. The summed E-state index contributed by atoms with van der Waals surface area (Å²) in [5.41, 5.74) is 1.33. The first kappa shape index (κ1) is 23.2. The molecule has 0 aliphatic rings. The second-order valence-electron chi connectivity index (χ2n) is 7.46. The summed E-state index contributed by atoms with van der Waals surface area (Å²) in [6.07, 6.45) is 0. The van der Waals surface area contributed by atoms with Crippen molar-refractivity contribution in [2.45, 2.75) is 19.6 Å². The van der Waals surface area contributed by atoms with Gasteiger partial charge < -0.3 is 19.5 Å². The molecule has 0 saturated carbocycles. The lowest BCUT2D eigenvalue weighted by atomic mass is 10.1. The minimum absolute atomic E-state index is 0.0991. The van der Waals surface area contributed by atoms with E-state index in [1.54, 1.807) is 59.7 Å². The minimum atomic E-state index is -0.428. The third-order valence-corrected chi connectivity index (χ3v) is 5.90. The predicted octanol–water partition coefficient (Wildman–Crippen LogP) is 4.66. The van der Waals surface area contributed by atoms with E-state index in [1.807, 2.05) is 17.5 Å². The monoisotopic (exact) mass is 479 g/mol. The second kappa shape index (κ2) is 10.8. The zero-order valence-corrected chi connectivity index (χ0v) is 19.2. The number of benzene rings is 2. The van der Waals surface area contributed by atoms with Crippen LogP contribution in [0.3, 0.4) is 0 Å². The molecule has 4 rings (SSSR count). The summed E-state index contributed by atoms with van der Waals surface area (Å²) in [6.45, 7) is 0.729.